The molecular weight excluding hydrogens is 894 g/mol. The smallest absolute Gasteiger partial charge is 0.392 e. The number of thiophene rings is 1. The fourth-order valence-corrected chi connectivity index (χ4v) is 8.99. The van der Waals surface area contributed by atoms with Gasteiger partial charge in [-0.25, -0.2) is 24.1 Å². The largest absolute Gasteiger partial charge is 0.487 e. The first kappa shape index (κ1) is 45.1. The Morgan fingerprint density at radius 1 is 1.02 bits per heavy atom. The van der Waals surface area contributed by atoms with Crippen LogP contribution in [0.15, 0.2) is 73.2 Å². The van der Waals surface area contributed by atoms with Crippen molar-refractivity contribution < 1.29 is 51.3 Å². The summed E-state index contributed by atoms with van der Waals surface area (Å²) in [7, 11) is 0. The van der Waals surface area contributed by atoms with Crippen LogP contribution in [0.4, 0.5) is 17.6 Å². The van der Waals surface area contributed by atoms with E-state index in [0.717, 1.165) is 0 Å². The van der Waals surface area contributed by atoms with Gasteiger partial charge in [-0.05, 0) is 64.6 Å². The molecule has 3 aliphatic rings. The zero-order valence-corrected chi connectivity index (χ0v) is 36.2. The van der Waals surface area contributed by atoms with Crippen molar-refractivity contribution >= 4 is 50.9 Å². The van der Waals surface area contributed by atoms with Crippen molar-refractivity contribution in [2.45, 2.75) is 51.6 Å². The van der Waals surface area contributed by atoms with Gasteiger partial charge in [0.15, 0.2) is 0 Å². The molecule has 14 nitrogen and oxygen atoms in total. The second-order valence-corrected chi connectivity index (χ2v) is 16.8. The summed E-state index contributed by atoms with van der Waals surface area (Å²) in [4.78, 5) is 61.6. The predicted octanol–water partition coefficient (Wildman–Crippen LogP) is 7.22. The van der Waals surface area contributed by atoms with Crippen molar-refractivity contribution in [1.29, 1.82) is 0 Å². The number of ether oxygens (including phenoxy) is 3. The molecule has 0 saturated carbocycles. The van der Waals surface area contributed by atoms with Crippen LogP contribution in [0, 0.1) is 12.7 Å². The van der Waals surface area contributed by atoms with Gasteiger partial charge >= 0.3 is 18.2 Å². The SMILES string of the molecule is Cc1c2ccc(c1Cl)CN(CCN1CCNC(=O)C1)C(=O)Cc1ccc(OCc3ccnc(OCCC(F)(F)F)n3)c(c1)C[C@H](C(=O)O)Oc1ncnc3sc(-c4ccc(F)cc4)c-2c13. The summed E-state index contributed by atoms with van der Waals surface area (Å²) in [6.45, 7) is 3.02. The van der Waals surface area contributed by atoms with E-state index < -0.39 is 37.1 Å². The van der Waals surface area contributed by atoms with Gasteiger partial charge in [0, 0.05) is 60.8 Å². The minimum atomic E-state index is -4.43. The van der Waals surface area contributed by atoms with Crippen LogP contribution in [0.2, 0.25) is 5.02 Å². The zero-order valence-electron chi connectivity index (χ0n) is 34.7. The normalized spacial score (nSPS) is 16.0. The average molecular weight is 934 g/mol. The monoisotopic (exact) mass is 933 g/mol. The molecule has 20 heteroatoms. The van der Waals surface area contributed by atoms with Gasteiger partial charge in [0.2, 0.25) is 23.8 Å². The van der Waals surface area contributed by atoms with E-state index in [-0.39, 0.29) is 74.2 Å². The fourth-order valence-electron chi connectivity index (χ4n) is 7.61. The first-order valence-electron chi connectivity index (χ1n) is 20.4. The maximum atomic E-state index is 14.4. The Hall–Kier alpha value is -6.44. The van der Waals surface area contributed by atoms with Gasteiger partial charge in [0.05, 0.1) is 30.5 Å². The van der Waals surface area contributed by atoms with Crippen molar-refractivity contribution in [1.82, 2.24) is 35.1 Å². The van der Waals surface area contributed by atoms with Crippen LogP contribution in [0.25, 0.3) is 31.8 Å². The van der Waals surface area contributed by atoms with Crippen LogP contribution in [-0.2, 0) is 40.4 Å². The number of carboxylic acid groups (broad SMARTS) is 1. The summed E-state index contributed by atoms with van der Waals surface area (Å²) < 4.78 is 70.1. The van der Waals surface area contributed by atoms with Crippen LogP contribution in [0.3, 0.4) is 0 Å². The van der Waals surface area contributed by atoms with Gasteiger partial charge in [-0.3, -0.25) is 14.5 Å². The summed E-state index contributed by atoms with van der Waals surface area (Å²) in [6, 6.07) is 15.8. The number of amides is 2. The van der Waals surface area contributed by atoms with E-state index >= 15 is 0 Å². The van der Waals surface area contributed by atoms with Crippen LogP contribution in [-0.4, -0.2) is 104 Å². The maximum absolute atomic E-state index is 14.4. The molecule has 3 aromatic heterocycles. The van der Waals surface area contributed by atoms with Gasteiger partial charge in [0.25, 0.3) is 0 Å². The highest BCUT2D eigenvalue weighted by atomic mass is 35.5. The van der Waals surface area contributed by atoms with Crippen molar-refractivity contribution in [3.8, 4) is 39.2 Å². The van der Waals surface area contributed by atoms with Gasteiger partial charge in [-0.15, -0.1) is 11.3 Å². The Balaban J connectivity index is 1.21. The van der Waals surface area contributed by atoms with Crippen molar-refractivity contribution in [2.24, 2.45) is 0 Å². The van der Waals surface area contributed by atoms with E-state index in [9.17, 15) is 37.1 Å². The number of nitrogens with one attached hydrogen (secondary N) is 1. The van der Waals surface area contributed by atoms with Crippen LogP contribution >= 0.6 is 22.9 Å². The number of carbonyl (C=O) groups is 3. The minimum Gasteiger partial charge on any atom is -0.487 e. The summed E-state index contributed by atoms with van der Waals surface area (Å²) in [5.74, 6) is -1.96. The lowest BCUT2D eigenvalue weighted by Gasteiger charge is -2.30. The van der Waals surface area contributed by atoms with Crippen molar-refractivity contribution in [3.05, 3.63) is 112 Å². The van der Waals surface area contributed by atoms with E-state index in [1.165, 1.54) is 42.1 Å². The van der Waals surface area contributed by atoms with Crippen LogP contribution in [0.5, 0.6) is 17.6 Å². The molecule has 2 amide bonds. The number of halogens is 5. The Bertz CT molecular complexity index is 2760. The van der Waals surface area contributed by atoms with E-state index in [1.807, 2.05) is 24.0 Å². The molecule has 338 valence electrons. The molecule has 0 spiro atoms. The summed E-state index contributed by atoms with van der Waals surface area (Å²) in [5, 5.41) is 14.3. The lowest BCUT2D eigenvalue weighted by atomic mass is 9.94. The lowest BCUT2D eigenvalue weighted by Crippen LogP contribution is -2.50. The molecule has 6 aromatic rings. The third-order valence-corrected chi connectivity index (χ3v) is 12.6. The van der Waals surface area contributed by atoms with E-state index in [0.29, 0.717) is 78.7 Å². The molecule has 9 rings (SSSR count). The molecular formula is C45H40ClF4N7O7S. The van der Waals surface area contributed by atoms with Crippen molar-refractivity contribution in [2.75, 3.05) is 39.3 Å². The maximum Gasteiger partial charge on any atom is 0.392 e. The van der Waals surface area contributed by atoms with Crippen LogP contribution in [0.1, 0.15) is 34.4 Å². The molecule has 3 aliphatic heterocycles. The first-order chi connectivity index (χ1) is 31.2. The number of carboxylic acids is 1. The van der Waals surface area contributed by atoms with E-state index in [4.69, 9.17) is 25.8 Å². The molecule has 65 heavy (non-hydrogen) atoms. The number of hydrogen-bond donors (Lipinski definition) is 2. The average Bonchev–Trinajstić information content (AvgIpc) is 3.66. The number of carbonyl (C=O) groups excluding carboxylic acids is 2. The number of benzene rings is 3. The number of hydrogen-bond acceptors (Lipinski definition) is 12. The molecule has 2 N–H and O–H groups in total. The summed E-state index contributed by atoms with van der Waals surface area (Å²) in [6.07, 6.45) is -4.99. The topological polar surface area (TPSA) is 169 Å². The quantitative estimate of drug-likeness (QED) is 0.125. The molecule has 4 bridgehead atoms. The number of fused-ring (bicyclic) bond motifs is 7. The number of aliphatic carboxylic acids is 1. The first-order valence-corrected chi connectivity index (χ1v) is 21.6. The van der Waals surface area contributed by atoms with Crippen LogP contribution < -0.4 is 19.5 Å². The van der Waals surface area contributed by atoms with Gasteiger partial charge in [-0.2, -0.15) is 18.2 Å². The van der Waals surface area contributed by atoms with Gasteiger partial charge in [0.1, 0.15) is 35.9 Å². The Morgan fingerprint density at radius 3 is 2.60 bits per heavy atom. The second-order valence-electron chi connectivity index (χ2n) is 15.4. The number of piperazine rings is 1. The highest BCUT2D eigenvalue weighted by molar-refractivity contribution is 7.22. The number of alkyl halides is 3. The Kier molecular flexibility index (Phi) is 13.4. The fraction of sp³-hybridized carbons (Fsp3) is 0.311. The number of aromatic nitrogens is 4. The molecule has 1 fully saturated rings. The second kappa shape index (κ2) is 19.3. The molecule has 3 aromatic carbocycles. The number of rotatable bonds is 11. The molecule has 1 saturated heterocycles. The Labute approximate surface area is 378 Å². The molecule has 6 heterocycles. The van der Waals surface area contributed by atoms with Gasteiger partial charge < -0.3 is 29.5 Å². The third-order valence-electron chi connectivity index (χ3n) is 10.9. The van der Waals surface area contributed by atoms with E-state index in [2.05, 4.69) is 25.3 Å². The molecule has 0 radical (unpaired) electrons. The van der Waals surface area contributed by atoms with Gasteiger partial charge in [-0.1, -0.05) is 48.0 Å². The zero-order chi connectivity index (χ0) is 45.8. The van der Waals surface area contributed by atoms with Crippen molar-refractivity contribution in [3.63, 3.8) is 0 Å². The molecule has 0 aliphatic carbocycles. The predicted molar refractivity (Wildman–Crippen MR) is 231 cm³/mol. The van der Waals surface area contributed by atoms with E-state index in [1.54, 1.807) is 35.2 Å². The minimum absolute atomic E-state index is 0.0312. The number of nitrogens with zero attached hydrogens (tertiary/aromatic N) is 6. The lowest BCUT2D eigenvalue weighted by molar-refractivity contribution is -0.145. The summed E-state index contributed by atoms with van der Waals surface area (Å²) in [5.41, 5.74) is 4.34. The standard InChI is InChI=1S/C45H40ClF4N7O7S/c1-25-32-8-5-28(39(25)46)21-57(16-15-56-14-13-51-35(58)22-56)36(59)19-26-2-9-33(63-23-31-10-12-52-44(55-31)62-17-11-45(48,49)50)29(18-26)20-34(43(60)61)64-41-38-37(32)40(65-42(38)54-24-53-41)27-3-6-30(47)7-4-27/h2-10,12,18,24,34H,11,13-17,19-23H2,1H3,(H,51,58)(H,60,61)/t34-/m1/s1. The third kappa shape index (κ3) is 10.8. The molecule has 1 atom stereocenters. The highest BCUT2D eigenvalue weighted by Crippen LogP contribution is 2.49. The molecule has 0 unspecified atom stereocenters. The summed E-state index contributed by atoms with van der Waals surface area (Å²) >= 11 is 8.50. The highest BCUT2D eigenvalue weighted by Gasteiger charge is 2.30. The Morgan fingerprint density at radius 2 is 1.83 bits per heavy atom.